The van der Waals surface area contributed by atoms with Crippen molar-refractivity contribution in [1.82, 2.24) is 9.61 Å². The van der Waals surface area contributed by atoms with Crippen molar-refractivity contribution < 1.29 is 14.3 Å². The third kappa shape index (κ3) is 2.01. The molecular weight excluding hydrogens is 231 g/mol. The van der Waals surface area contributed by atoms with Crippen LogP contribution in [0.4, 0.5) is 0 Å². The van der Waals surface area contributed by atoms with Gasteiger partial charge in [0.05, 0.1) is 25.0 Å². The Morgan fingerprint density at radius 3 is 3.06 bits per heavy atom. The number of fused-ring (bicyclic) bond motifs is 1. The van der Waals surface area contributed by atoms with E-state index in [4.69, 9.17) is 4.74 Å². The van der Waals surface area contributed by atoms with Gasteiger partial charge in [-0.05, 0) is 30.4 Å². The van der Waals surface area contributed by atoms with Crippen LogP contribution in [-0.2, 0) is 15.9 Å². The summed E-state index contributed by atoms with van der Waals surface area (Å²) in [4.78, 5) is 22.0. The first-order valence-corrected chi connectivity index (χ1v) is 5.50. The van der Waals surface area contributed by atoms with E-state index in [1.165, 1.54) is 20.6 Å². The number of ether oxygens (including phenoxy) is 1. The summed E-state index contributed by atoms with van der Waals surface area (Å²) < 4.78 is 6.35. The Morgan fingerprint density at radius 2 is 2.39 bits per heavy atom. The van der Waals surface area contributed by atoms with E-state index in [0.29, 0.717) is 11.9 Å². The standard InChI is InChI=1S/C12H12BN2O3/c1-8-9(5-13-7-16)3-4-15-11(8)10(6-14-15)12(17)18-2/h3-4,6-7H,5H2,1-2H3. The van der Waals surface area contributed by atoms with E-state index in [0.717, 1.165) is 22.8 Å². The van der Waals surface area contributed by atoms with Crippen molar-refractivity contribution in [2.24, 2.45) is 0 Å². The molecule has 0 amide bonds. The van der Waals surface area contributed by atoms with Crippen molar-refractivity contribution >= 4 is 25.0 Å². The number of aryl methyl sites for hydroxylation is 1. The van der Waals surface area contributed by atoms with Gasteiger partial charge in [-0.3, -0.25) is 0 Å². The van der Waals surface area contributed by atoms with Crippen LogP contribution in [0.3, 0.4) is 0 Å². The molecule has 1 radical (unpaired) electrons. The van der Waals surface area contributed by atoms with Crippen LogP contribution < -0.4 is 0 Å². The van der Waals surface area contributed by atoms with Crippen molar-refractivity contribution in [2.75, 3.05) is 7.11 Å². The number of hydrogen-bond donors (Lipinski definition) is 0. The van der Waals surface area contributed by atoms with Crippen LogP contribution in [0.25, 0.3) is 5.52 Å². The van der Waals surface area contributed by atoms with Gasteiger partial charge < -0.3 is 9.53 Å². The number of esters is 1. The number of hydrogen-bond acceptors (Lipinski definition) is 4. The summed E-state index contributed by atoms with van der Waals surface area (Å²) >= 11 is 0. The van der Waals surface area contributed by atoms with Gasteiger partial charge in [0, 0.05) is 6.20 Å². The Kier molecular flexibility index (Phi) is 3.46. The Balaban J connectivity index is 2.56. The van der Waals surface area contributed by atoms with E-state index in [2.05, 4.69) is 5.10 Å². The highest BCUT2D eigenvalue weighted by molar-refractivity contribution is 6.66. The Hall–Kier alpha value is -2.11. The second-order valence-electron chi connectivity index (χ2n) is 3.88. The van der Waals surface area contributed by atoms with E-state index in [1.807, 2.05) is 13.0 Å². The molecule has 0 atom stereocenters. The number of carbonyl (C=O) groups is 2. The van der Waals surface area contributed by atoms with E-state index in [1.54, 1.807) is 10.7 Å². The summed E-state index contributed by atoms with van der Waals surface area (Å²) in [5.41, 5.74) is 3.07. The monoisotopic (exact) mass is 243 g/mol. The minimum atomic E-state index is -0.412. The average Bonchev–Trinajstić information content (AvgIpc) is 2.82. The first-order chi connectivity index (χ1) is 8.69. The van der Waals surface area contributed by atoms with Gasteiger partial charge in [-0.25, -0.2) is 9.31 Å². The number of rotatable bonds is 4. The molecule has 0 saturated carbocycles. The molecule has 5 nitrogen and oxygen atoms in total. The molecule has 18 heavy (non-hydrogen) atoms. The maximum absolute atomic E-state index is 11.6. The molecular formula is C12H12BN2O3. The number of carbonyl (C=O) groups excluding carboxylic acids is 2. The first kappa shape index (κ1) is 12.4. The molecule has 0 aliphatic heterocycles. The van der Waals surface area contributed by atoms with Crippen LogP contribution in [0.15, 0.2) is 18.5 Å². The summed E-state index contributed by atoms with van der Waals surface area (Å²) in [5, 5.41) is 4.11. The van der Waals surface area contributed by atoms with Gasteiger partial charge in [0.25, 0.3) is 0 Å². The van der Waals surface area contributed by atoms with Crippen LogP contribution in [-0.4, -0.2) is 36.2 Å². The molecule has 2 aromatic rings. The van der Waals surface area contributed by atoms with Gasteiger partial charge in [-0.1, -0.05) is 0 Å². The van der Waals surface area contributed by atoms with Crippen molar-refractivity contribution in [3.05, 3.63) is 35.2 Å². The Labute approximate surface area is 105 Å². The third-order valence-electron chi connectivity index (χ3n) is 2.89. The smallest absolute Gasteiger partial charge is 0.341 e. The molecule has 0 aliphatic carbocycles. The van der Waals surface area contributed by atoms with Gasteiger partial charge in [-0.15, -0.1) is 0 Å². The molecule has 2 heterocycles. The van der Waals surface area contributed by atoms with E-state index < -0.39 is 5.97 Å². The predicted octanol–water partition coefficient (Wildman–Crippen LogP) is 0.824. The molecule has 0 N–H and O–H groups in total. The lowest BCUT2D eigenvalue weighted by atomic mass is 9.73. The molecule has 0 bridgehead atoms. The zero-order chi connectivity index (χ0) is 13.1. The highest BCUT2D eigenvalue weighted by Crippen LogP contribution is 2.20. The quantitative estimate of drug-likeness (QED) is 0.453. The molecule has 2 aromatic heterocycles. The average molecular weight is 243 g/mol. The molecule has 0 unspecified atom stereocenters. The zero-order valence-electron chi connectivity index (χ0n) is 10.2. The summed E-state index contributed by atoms with van der Waals surface area (Å²) in [6, 6.07) is 1.89. The molecule has 2 rings (SSSR count). The Bertz CT molecular complexity index is 607. The Morgan fingerprint density at radius 1 is 1.61 bits per heavy atom. The molecule has 0 aliphatic rings. The fraction of sp³-hybridized carbons (Fsp3) is 0.250. The summed E-state index contributed by atoms with van der Waals surface area (Å²) in [7, 11) is 2.87. The lowest BCUT2D eigenvalue weighted by molar-refractivity contribution is 0.0603. The van der Waals surface area contributed by atoms with Crippen LogP contribution in [0.1, 0.15) is 21.5 Å². The zero-order valence-corrected chi connectivity index (χ0v) is 10.2. The van der Waals surface area contributed by atoms with Crippen LogP contribution >= 0.6 is 0 Å². The van der Waals surface area contributed by atoms with Crippen LogP contribution in [0.5, 0.6) is 0 Å². The second kappa shape index (κ2) is 5.04. The van der Waals surface area contributed by atoms with Crippen molar-refractivity contribution in [3.8, 4) is 0 Å². The molecule has 91 valence electrons. The van der Waals surface area contributed by atoms with E-state index >= 15 is 0 Å². The van der Waals surface area contributed by atoms with Crippen molar-refractivity contribution in [3.63, 3.8) is 0 Å². The minimum Gasteiger partial charge on any atom is -0.465 e. The van der Waals surface area contributed by atoms with Crippen molar-refractivity contribution in [2.45, 2.75) is 13.2 Å². The van der Waals surface area contributed by atoms with Gasteiger partial charge in [-0.2, -0.15) is 5.10 Å². The predicted molar refractivity (Wildman–Crippen MR) is 67.5 cm³/mol. The number of nitrogens with zero attached hydrogens (tertiary/aromatic N) is 2. The van der Waals surface area contributed by atoms with Crippen LogP contribution in [0.2, 0.25) is 0 Å². The minimum absolute atomic E-state index is 0.412. The van der Waals surface area contributed by atoms with Gasteiger partial charge in [0.15, 0.2) is 0 Å². The number of methoxy groups -OCH3 is 1. The SMILES string of the molecule is COC(=O)c1cnn2ccc(C[B]C=O)c(C)c12. The maximum Gasteiger partial charge on any atom is 0.341 e. The fourth-order valence-corrected chi connectivity index (χ4v) is 1.94. The summed E-state index contributed by atoms with van der Waals surface area (Å²) in [5.74, 6) is -0.412. The normalized spacial score (nSPS) is 10.3. The highest BCUT2D eigenvalue weighted by atomic mass is 16.5. The highest BCUT2D eigenvalue weighted by Gasteiger charge is 2.16. The van der Waals surface area contributed by atoms with Gasteiger partial charge in [0.1, 0.15) is 5.56 Å². The molecule has 6 heteroatoms. The summed E-state index contributed by atoms with van der Waals surface area (Å²) in [6.07, 6.45) is 4.56. The van der Waals surface area contributed by atoms with E-state index in [-0.39, 0.29) is 0 Å². The molecule has 0 spiro atoms. The molecule has 0 saturated heterocycles. The van der Waals surface area contributed by atoms with Crippen LogP contribution in [0, 0.1) is 6.92 Å². The molecule has 0 fully saturated rings. The van der Waals surface area contributed by atoms with Gasteiger partial charge in [0.2, 0.25) is 7.28 Å². The lowest BCUT2D eigenvalue weighted by Crippen LogP contribution is -2.05. The van der Waals surface area contributed by atoms with Crippen molar-refractivity contribution in [1.29, 1.82) is 0 Å². The number of aromatic nitrogens is 2. The summed E-state index contributed by atoms with van der Waals surface area (Å²) in [6.45, 7) is 1.90. The first-order valence-electron chi connectivity index (χ1n) is 5.50. The molecule has 0 aromatic carbocycles. The van der Waals surface area contributed by atoms with E-state index in [9.17, 15) is 9.59 Å². The maximum atomic E-state index is 11.6. The van der Waals surface area contributed by atoms with Gasteiger partial charge >= 0.3 is 5.97 Å². The second-order valence-corrected chi connectivity index (χ2v) is 3.88. The topological polar surface area (TPSA) is 60.7 Å². The lowest BCUT2D eigenvalue weighted by Gasteiger charge is -2.07. The largest absolute Gasteiger partial charge is 0.465 e. The third-order valence-corrected chi connectivity index (χ3v) is 2.89. The number of pyridine rings is 1. The fourth-order valence-electron chi connectivity index (χ4n) is 1.94.